The van der Waals surface area contributed by atoms with Crippen LogP contribution in [0.1, 0.15) is 50.2 Å². The molecule has 2 atom stereocenters. The van der Waals surface area contributed by atoms with Crippen molar-refractivity contribution in [3.63, 3.8) is 0 Å². The van der Waals surface area contributed by atoms with Crippen molar-refractivity contribution in [1.82, 2.24) is 48.6 Å². The van der Waals surface area contributed by atoms with Crippen LogP contribution in [0, 0.1) is 33.5 Å². The predicted octanol–water partition coefficient (Wildman–Crippen LogP) is 13.0. The van der Waals surface area contributed by atoms with E-state index in [0.29, 0.717) is 64.2 Å². The molecule has 15 nitrogen and oxygen atoms in total. The number of halogens is 4. The lowest BCUT2D eigenvalue weighted by atomic mass is 10.0. The van der Waals surface area contributed by atoms with Gasteiger partial charge in [-0.3, -0.25) is 9.36 Å². The zero-order valence-corrected chi connectivity index (χ0v) is 45.3. The number of hydrogen-bond acceptors (Lipinski definition) is 12. The number of methoxy groups -OCH3 is 2. The zero-order chi connectivity index (χ0) is 46.5. The summed E-state index contributed by atoms with van der Waals surface area (Å²) in [6, 6.07) is 9.01. The van der Waals surface area contributed by atoms with Gasteiger partial charge in [-0.15, -0.1) is 11.8 Å². The van der Waals surface area contributed by atoms with Gasteiger partial charge in [-0.2, -0.15) is 20.4 Å². The number of aryl methyl sites for hydroxylation is 4. The standard InChI is InChI=1S/C22H24FIN7OPS.C15H17ClIN6OP.2C2H6/c1-12-8-18(29-31(12)33-24)27-22-20(32-4)19(14-10-25-30(3)11-14)13(2)21(28-22)26-17-7-6-15(34-5)9-16(17)23;1-8-5-11(21-23(8)25-17)19-15-13(24-4)12(9(2)14(16)20-15)10-6-18-22(3)7-10;2*1-2/h6-11,33H,1-5H3,(H2,26,27,28,29);5-7,25H,1-4H3,(H,19,20,21);2*1-2H3. The maximum Gasteiger partial charge on any atom is 0.177 e. The minimum atomic E-state index is -0.348. The zero-order valence-electron chi connectivity index (χ0n) is 37.4. The van der Waals surface area contributed by atoms with E-state index in [1.165, 1.54) is 17.8 Å². The summed E-state index contributed by atoms with van der Waals surface area (Å²) in [6.45, 7) is 15.9. The first kappa shape index (κ1) is 51.9. The minimum absolute atomic E-state index is 0.341. The molecule has 1 aromatic carbocycles. The Morgan fingerprint density at radius 1 is 0.698 bits per heavy atom. The molecule has 0 radical (unpaired) electrons. The van der Waals surface area contributed by atoms with Crippen LogP contribution in [-0.4, -0.2) is 69.1 Å². The van der Waals surface area contributed by atoms with Gasteiger partial charge in [0, 0.05) is 82.7 Å². The average molecular weight is 1160 g/mol. The number of nitrogens with one attached hydrogen (secondary N) is 3. The molecule has 2 unspecified atom stereocenters. The summed E-state index contributed by atoms with van der Waals surface area (Å²) in [5.74, 6) is 3.66. The second kappa shape index (κ2) is 24.5. The molecular weight excluding hydrogens is 1110 g/mol. The molecule has 6 heterocycles. The molecule has 0 aliphatic carbocycles. The second-order valence-electron chi connectivity index (χ2n) is 13.0. The average Bonchev–Trinajstić information content (AvgIpc) is 4.09. The molecule has 63 heavy (non-hydrogen) atoms. The third-order valence-corrected chi connectivity index (χ3v) is 14.0. The number of ether oxygens (including phenoxy) is 2. The fourth-order valence-corrected chi connectivity index (χ4v) is 10.3. The van der Waals surface area contributed by atoms with Crippen molar-refractivity contribution in [3.8, 4) is 33.8 Å². The Morgan fingerprint density at radius 3 is 1.57 bits per heavy atom. The van der Waals surface area contributed by atoms with Crippen LogP contribution >= 0.6 is 80.2 Å². The number of hydrogen-bond donors (Lipinski definition) is 3. The molecule has 0 aliphatic rings. The summed E-state index contributed by atoms with van der Waals surface area (Å²) in [7, 11) is 6.94. The number of rotatable bonds is 13. The van der Waals surface area contributed by atoms with Crippen LogP contribution in [0.5, 0.6) is 11.5 Å². The van der Waals surface area contributed by atoms with Crippen molar-refractivity contribution < 1.29 is 13.9 Å². The van der Waals surface area contributed by atoms with Gasteiger partial charge < -0.3 is 25.4 Å². The van der Waals surface area contributed by atoms with Gasteiger partial charge in [-0.1, -0.05) is 39.3 Å². The first-order chi connectivity index (χ1) is 30.3. The quantitative estimate of drug-likeness (QED) is 0.0436. The van der Waals surface area contributed by atoms with Gasteiger partial charge in [0.1, 0.15) is 16.8 Å². The van der Waals surface area contributed by atoms with Crippen LogP contribution in [0.25, 0.3) is 22.3 Å². The fourth-order valence-electron chi connectivity index (χ4n) is 6.10. The van der Waals surface area contributed by atoms with E-state index in [1.807, 2.05) is 115 Å². The second-order valence-corrected chi connectivity index (χ2v) is 18.3. The van der Waals surface area contributed by atoms with Crippen LogP contribution in [0.3, 0.4) is 0 Å². The topological polar surface area (TPSA) is 152 Å². The number of pyridine rings is 2. The maximum absolute atomic E-state index is 14.8. The highest BCUT2D eigenvalue weighted by Crippen LogP contribution is 2.44. The molecule has 0 bridgehead atoms. The molecule has 22 heteroatoms. The van der Waals surface area contributed by atoms with Gasteiger partial charge in [0.05, 0.1) is 45.0 Å². The number of aromatic nitrogens is 10. The Kier molecular flexibility index (Phi) is 20.2. The Balaban J connectivity index is 0.000000267. The summed E-state index contributed by atoms with van der Waals surface area (Å²) in [5.41, 5.74) is 7.54. The summed E-state index contributed by atoms with van der Waals surface area (Å²) in [4.78, 5) is 10.1. The van der Waals surface area contributed by atoms with E-state index in [2.05, 4.69) is 85.4 Å². The first-order valence-electron chi connectivity index (χ1n) is 19.6. The van der Waals surface area contributed by atoms with Crippen molar-refractivity contribution in [2.75, 3.05) is 36.4 Å². The van der Waals surface area contributed by atoms with E-state index in [9.17, 15) is 4.39 Å². The van der Waals surface area contributed by atoms with Gasteiger partial charge in [-0.05, 0) is 102 Å². The van der Waals surface area contributed by atoms with E-state index < -0.39 is 0 Å². The molecule has 0 fully saturated rings. The van der Waals surface area contributed by atoms with Crippen LogP contribution in [-0.2, 0) is 14.1 Å². The molecule has 0 saturated carbocycles. The Labute approximate surface area is 407 Å². The SMILES string of the molecule is CC.CC.COc1c(Nc2cc(C)n(PI)n2)nc(Cl)c(C)c1-c1cnn(C)c1.COc1c(Nc2cc(C)n(PI)n2)nc(Nc2ccc(SC)cc2F)c(C)c1-c1cnn(C)c1. The molecule has 0 aliphatic heterocycles. The molecule has 0 amide bonds. The Hall–Kier alpha value is -3.75. The molecule has 6 aromatic heterocycles. The van der Waals surface area contributed by atoms with E-state index in [4.69, 9.17) is 26.1 Å². The molecular formula is C41H53ClFI2N13O2P2S. The highest BCUT2D eigenvalue weighted by atomic mass is 127. The molecule has 0 saturated heterocycles. The molecule has 3 N–H and O–H groups in total. The van der Waals surface area contributed by atoms with E-state index in [1.54, 1.807) is 42.0 Å². The maximum atomic E-state index is 14.8. The van der Waals surface area contributed by atoms with Crippen molar-refractivity contribution in [3.05, 3.63) is 88.6 Å². The Morgan fingerprint density at radius 2 is 1.17 bits per heavy atom. The summed E-state index contributed by atoms with van der Waals surface area (Å²) >= 11 is 12.4. The van der Waals surface area contributed by atoms with Gasteiger partial charge >= 0.3 is 0 Å². The molecule has 0 spiro atoms. The highest BCUT2D eigenvalue weighted by Gasteiger charge is 2.23. The lowest BCUT2D eigenvalue weighted by Crippen LogP contribution is -2.07. The van der Waals surface area contributed by atoms with Crippen LogP contribution < -0.4 is 25.4 Å². The van der Waals surface area contributed by atoms with Gasteiger partial charge in [0.15, 0.2) is 34.8 Å². The highest BCUT2D eigenvalue weighted by molar-refractivity contribution is 14.2. The predicted molar refractivity (Wildman–Crippen MR) is 281 cm³/mol. The summed E-state index contributed by atoms with van der Waals surface area (Å²) in [5, 5.41) is 27.8. The van der Waals surface area contributed by atoms with E-state index in [-0.39, 0.29) is 5.82 Å². The van der Waals surface area contributed by atoms with E-state index >= 15 is 0 Å². The minimum Gasteiger partial charge on any atom is -0.492 e. The van der Waals surface area contributed by atoms with Crippen LogP contribution in [0.2, 0.25) is 5.15 Å². The summed E-state index contributed by atoms with van der Waals surface area (Å²) < 4.78 is 33.6. The van der Waals surface area contributed by atoms with Crippen molar-refractivity contribution >= 4 is 115 Å². The van der Waals surface area contributed by atoms with Crippen molar-refractivity contribution in [2.45, 2.75) is 60.3 Å². The number of nitrogens with zero attached hydrogens (tertiary/aromatic N) is 10. The molecule has 7 rings (SSSR count). The lowest BCUT2D eigenvalue weighted by Gasteiger charge is -2.19. The largest absolute Gasteiger partial charge is 0.492 e. The van der Waals surface area contributed by atoms with Gasteiger partial charge in [0.2, 0.25) is 0 Å². The normalized spacial score (nSPS) is 10.9. The number of anilines is 6. The third-order valence-electron chi connectivity index (χ3n) is 8.99. The first-order valence-corrected chi connectivity index (χ1v) is 29.3. The fraction of sp³-hybridized carbons (Fsp3) is 0.317. The Bertz CT molecular complexity index is 2620. The smallest absolute Gasteiger partial charge is 0.177 e. The molecule has 338 valence electrons. The van der Waals surface area contributed by atoms with Gasteiger partial charge in [0.25, 0.3) is 0 Å². The number of thioether (sulfide) groups is 1. The van der Waals surface area contributed by atoms with Gasteiger partial charge in [-0.25, -0.2) is 23.3 Å². The van der Waals surface area contributed by atoms with Crippen LogP contribution in [0.15, 0.2) is 60.0 Å². The monoisotopic (exact) mass is 1160 g/mol. The van der Waals surface area contributed by atoms with Crippen molar-refractivity contribution in [2.24, 2.45) is 14.1 Å². The molecule has 7 aromatic rings. The van der Waals surface area contributed by atoms with E-state index in [0.717, 1.165) is 49.7 Å². The van der Waals surface area contributed by atoms with Crippen LogP contribution in [0.4, 0.5) is 39.2 Å². The number of benzene rings is 1. The third kappa shape index (κ3) is 12.5. The van der Waals surface area contributed by atoms with Crippen molar-refractivity contribution in [1.29, 1.82) is 0 Å². The summed E-state index contributed by atoms with van der Waals surface area (Å²) in [6.07, 6.45) is 10.3. The lowest BCUT2D eigenvalue weighted by molar-refractivity contribution is 0.416.